The van der Waals surface area contributed by atoms with Crippen molar-refractivity contribution in [2.75, 3.05) is 17.2 Å². The Labute approximate surface area is 180 Å². The molecule has 1 atom stereocenters. The highest BCUT2D eigenvalue weighted by molar-refractivity contribution is 5.98. The lowest BCUT2D eigenvalue weighted by molar-refractivity contribution is 0.100. The van der Waals surface area contributed by atoms with Crippen LogP contribution in [0.1, 0.15) is 37.0 Å². The number of nitrogens with one attached hydrogen (secondary N) is 2. The molecule has 6 N–H and O–H groups in total. The first-order chi connectivity index (χ1) is 14.9. The smallest absolute Gasteiger partial charge is 0.252 e. The van der Waals surface area contributed by atoms with Crippen molar-refractivity contribution < 1.29 is 9.18 Å². The largest absolute Gasteiger partial charge is 0.365 e. The lowest BCUT2D eigenvalue weighted by atomic mass is 10.0. The zero-order valence-corrected chi connectivity index (χ0v) is 17.5. The quantitative estimate of drug-likeness (QED) is 0.391. The molecule has 3 heterocycles. The fourth-order valence-electron chi connectivity index (χ4n) is 3.03. The highest BCUT2D eigenvalue weighted by atomic mass is 19.1. The zero-order valence-electron chi connectivity index (χ0n) is 17.5. The molecule has 3 aromatic rings. The summed E-state index contributed by atoms with van der Waals surface area (Å²) in [5.74, 6) is -0.853. The van der Waals surface area contributed by atoms with Crippen LogP contribution in [-0.4, -0.2) is 38.2 Å². The maximum atomic E-state index is 14.6. The third kappa shape index (κ3) is 5.76. The average molecular weight is 427 g/mol. The number of hydrogen-bond donors (Lipinski definition) is 4. The van der Waals surface area contributed by atoms with Crippen LogP contribution in [0.15, 0.2) is 43.0 Å². The molecule has 0 bridgehead atoms. The molecule has 0 aromatic carbocycles. The van der Waals surface area contributed by atoms with Crippen LogP contribution in [-0.2, 0) is 0 Å². The minimum absolute atomic E-state index is 0.00268. The minimum Gasteiger partial charge on any atom is -0.365 e. The molecule has 0 aliphatic rings. The number of pyridine rings is 2. The number of primary amides is 1. The second-order valence-electron chi connectivity index (χ2n) is 7.63. The summed E-state index contributed by atoms with van der Waals surface area (Å²) in [4.78, 5) is 20.4. The molecule has 31 heavy (non-hydrogen) atoms. The van der Waals surface area contributed by atoms with Crippen LogP contribution in [0.5, 0.6) is 0 Å². The van der Waals surface area contributed by atoms with Gasteiger partial charge in [-0.2, -0.15) is 5.10 Å². The van der Waals surface area contributed by atoms with E-state index in [1.165, 1.54) is 0 Å². The topological polar surface area (TPSA) is 137 Å². The average Bonchev–Trinajstić information content (AvgIpc) is 3.28. The van der Waals surface area contributed by atoms with Gasteiger partial charge in [0.15, 0.2) is 11.6 Å². The van der Waals surface area contributed by atoms with Crippen LogP contribution in [0.2, 0.25) is 0 Å². The van der Waals surface area contributed by atoms with Crippen molar-refractivity contribution in [3.8, 4) is 5.69 Å². The van der Waals surface area contributed by atoms with Gasteiger partial charge in [-0.15, -0.1) is 0 Å². The van der Waals surface area contributed by atoms with E-state index in [-0.39, 0.29) is 23.2 Å². The molecule has 0 spiro atoms. The Kier molecular flexibility index (Phi) is 7.14. The number of amides is 1. The van der Waals surface area contributed by atoms with E-state index in [0.717, 1.165) is 18.9 Å². The Morgan fingerprint density at radius 2 is 2.03 bits per heavy atom. The SMILES string of the molecule is CC(C)CC[C@H](CN)Nc1nc(Nc2cncc(-n3cccn3)c2)c(C(N)=O)cc1F. The summed E-state index contributed by atoms with van der Waals surface area (Å²) in [6.07, 6.45) is 8.33. The third-order valence-corrected chi connectivity index (χ3v) is 4.71. The summed E-state index contributed by atoms with van der Waals surface area (Å²) in [6.45, 7) is 4.55. The molecular weight excluding hydrogens is 399 g/mol. The maximum absolute atomic E-state index is 14.6. The van der Waals surface area contributed by atoms with Crippen LogP contribution in [0, 0.1) is 11.7 Å². The molecule has 0 saturated carbocycles. The first-order valence-electron chi connectivity index (χ1n) is 10.1. The Bertz CT molecular complexity index is 1020. The normalized spacial score (nSPS) is 12.0. The number of nitrogens with two attached hydrogens (primary N) is 2. The van der Waals surface area contributed by atoms with Crippen LogP contribution in [0.4, 0.5) is 21.7 Å². The second kappa shape index (κ2) is 9.98. The summed E-state index contributed by atoms with van der Waals surface area (Å²) in [7, 11) is 0. The van der Waals surface area contributed by atoms with Crippen molar-refractivity contribution in [3.63, 3.8) is 0 Å². The molecule has 9 nitrogen and oxygen atoms in total. The van der Waals surface area contributed by atoms with E-state index in [1.54, 1.807) is 41.6 Å². The number of hydrogen-bond acceptors (Lipinski definition) is 7. The molecule has 0 aliphatic heterocycles. The molecule has 0 fully saturated rings. The summed E-state index contributed by atoms with van der Waals surface area (Å²) in [5.41, 5.74) is 12.5. The Morgan fingerprint density at radius 3 is 2.68 bits per heavy atom. The van der Waals surface area contributed by atoms with Crippen molar-refractivity contribution in [2.45, 2.75) is 32.7 Å². The number of rotatable bonds is 10. The van der Waals surface area contributed by atoms with Gasteiger partial charge in [-0.25, -0.2) is 14.1 Å². The summed E-state index contributed by atoms with van der Waals surface area (Å²) >= 11 is 0. The lowest BCUT2D eigenvalue weighted by Gasteiger charge is -2.20. The predicted octanol–water partition coefficient (Wildman–Crippen LogP) is 2.82. The van der Waals surface area contributed by atoms with Gasteiger partial charge in [0.1, 0.15) is 5.82 Å². The standard InChI is InChI=1S/C21H27FN8O/c1-13(2)4-5-14(10-23)27-21-18(22)9-17(19(24)31)20(29-21)28-15-8-16(12-25-11-15)30-7-3-6-26-30/h3,6-9,11-14H,4-5,10,23H2,1-2H3,(H2,24,31)(H2,27,28,29)/t14-/m1/s1. The van der Waals surface area contributed by atoms with Gasteiger partial charge in [0.25, 0.3) is 5.91 Å². The van der Waals surface area contributed by atoms with Gasteiger partial charge in [-0.3, -0.25) is 9.78 Å². The van der Waals surface area contributed by atoms with Crippen molar-refractivity contribution in [3.05, 3.63) is 54.4 Å². The number of nitrogens with zero attached hydrogens (tertiary/aromatic N) is 4. The van der Waals surface area contributed by atoms with Gasteiger partial charge in [-0.1, -0.05) is 13.8 Å². The van der Waals surface area contributed by atoms with E-state index < -0.39 is 11.7 Å². The monoisotopic (exact) mass is 426 g/mol. The van der Waals surface area contributed by atoms with Crippen molar-refractivity contribution in [2.24, 2.45) is 17.4 Å². The van der Waals surface area contributed by atoms with E-state index in [4.69, 9.17) is 11.5 Å². The number of halogens is 1. The van der Waals surface area contributed by atoms with E-state index >= 15 is 0 Å². The van der Waals surface area contributed by atoms with Crippen molar-refractivity contribution >= 4 is 23.2 Å². The van der Waals surface area contributed by atoms with Crippen LogP contribution in [0.25, 0.3) is 5.69 Å². The fourth-order valence-corrected chi connectivity index (χ4v) is 3.03. The molecule has 3 rings (SSSR count). The van der Waals surface area contributed by atoms with Gasteiger partial charge in [0, 0.05) is 25.0 Å². The second-order valence-corrected chi connectivity index (χ2v) is 7.63. The molecule has 164 valence electrons. The number of anilines is 3. The molecule has 1 amide bonds. The Hall–Kier alpha value is -3.53. The predicted molar refractivity (Wildman–Crippen MR) is 118 cm³/mol. The highest BCUT2D eigenvalue weighted by Crippen LogP contribution is 2.25. The summed E-state index contributed by atoms with van der Waals surface area (Å²) in [5, 5.41) is 10.2. The van der Waals surface area contributed by atoms with Crippen LogP contribution in [0.3, 0.4) is 0 Å². The zero-order chi connectivity index (χ0) is 22.4. The van der Waals surface area contributed by atoms with Crippen LogP contribution >= 0.6 is 0 Å². The first kappa shape index (κ1) is 22.2. The van der Waals surface area contributed by atoms with E-state index in [9.17, 15) is 9.18 Å². The molecule has 0 aliphatic carbocycles. The van der Waals surface area contributed by atoms with Gasteiger partial charge >= 0.3 is 0 Å². The Balaban J connectivity index is 1.89. The molecule has 10 heteroatoms. The van der Waals surface area contributed by atoms with E-state index in [2.05, 4.69) is 39.5 Å². The summed E-state index contributed by atoms with van der Waals surface area (Å²) in [6, 6.07) is 4.48. The molecule has 0 unspecified atom stereocenters. The summed E-state index contributed by atoms with van der Waals surface area (Å²) < 4.78 is 16.3. The number of carbonyl (C=O) groups excluding carboxylic acids is 1. The van der Waals surface area contributed by atoms with Crippen molar-refractivity contribution in [1.29, 1.82) is 0 Å². The van der Waals surface area contributed by atoms with Gasteiger partial charge in [0.2, 0.25) is 0 Å². The van der Waals surface area contributed by atoms with E-state index in [0.29, 0.717) is 23.8 Å². The molecular formula is C21H27FN8O. The maximum Gasteiger partial charge on any atom is 0.252 e. The van der Waals surface area contributed by atoms with Crippen LogP contribution < -0.4 is 22.1 Å². The van der Waals surface area contributed by atoms with Gasteiger partial charge < -0.3 is 22.1 Å². The lowest BCUT2D eigenvalue weighted by Crippen LogP contribution is -2.30. The fraction of sp³-hybridized carbons (Fsp3) is 0.333. The number of aromatic nitrogens is 4. The molecule has 3 aromatic heterocycles. The first-order valence-corrected chi connectivity index (χ1v) is 10.1. The van der Waals surface area contributed by atoms with Gasteiger partial charge in [-0.05, 0) is 37.0 Å². The number of carbonyl (C=O) groups is 1. The molecule has 0 saturated heterocycles. The Morgan fingerprint density at radius 1 is 1.23 bits per heavy atom. The third-order valence-electron chi connectivity index (χ3n) is 4.71. The van der Waals surface area contributed by atoms with Crippen molar-refractivity contribution in [1.82, 2.24) is 19.7 Å². The van der Waals surface area contributed by atoms with Gasteiger partial charge in [0.05, 0.1) is 29.3 Å². The molecule has 0 radical (unpaired) electrons. The minimum atomic E-state index is -0.799. The highest BCUT2D eigenvalue weighted by Gasteiger charge is 2.18. The van der Waals surface area contributed by atoms with E-state index in [1.807, 2.05) is 0 Å².